The number of hydrogen-bond donors (Lipinski definition) is 2. The number of rotatable bonds is 7. The summed E-state index contributed by atoms with van der Waals surface area (Å²) in [6.45, 7) is 5.49. The second kappa shape index (κ2) is 7.40. The lowest BCUT2D eigenvalue weighted by Gasteiger charge is -2.21. The standard InChI is InChI=1S/C14H25N3O3S/c1-3-15-10-13-8-14(11-17(13)2)21(18,19)16-9-12-4-6-20-7-5-12/h8,11-12,15-16H,3-7,9-10H2,1-2H3. The van der Waals surface area contributed by atoms with Crippen LogP contribution in [0.15, 0.2) is 17.2 Å². The monoisotopic (exact) mass is 315 g/mol. The highest BCUT2D eigenvalue weighted by Gasteiger charge is 2.20. The highest BCUT2D eigenvalue weighted by molar-refractivity contribution is 7.89. The van der Waals surface area contributed by atoms with Gasteiger partial charge in [-0.2, -0.15) is 0 Å². The zero-order valence-corrected chi connectivity index (χ0v) is 13.6. The Balaban J connectivity index is 1.98. The highest BCUT2D eigenvalue weighted by atomic mass is 32.2. The molecule has 2 N–H and O–H groups in total. The number of nitrogens with one attached hydrogen (secondary N) is 2. The fourth-order valence-corrected chi connectivity index (χ4v) is 3.62. The van der Waals surface area contributed by atoms with Crippen LogP contribution in [0, 0.1) is 5.92 Å². The predicted octanol–water partition coefficient (Wildman–Crippen LogP) is 0.840. The molecule has 0 radical (unpaired) electrons. The molecule has 1 aliphatic heterocycles. The number of nitrogens with zero attached hydrogens (tertiary/aromatic N) is 1. The van der Waals surface area contributed by atoms with Gasteiger partial charge in [0, 0.05) is 45.2 Å². The van der Waals surface area contributed by atoms with E-state index in [1.165, 1.54) is 0 Å². The van der Waals surface area contributed by atoms with Crippen molar-refractivity contribution in [2.45, 2.75) is 31.2 Å². The van der Waals surface area contributed by atoms with E-state index in [4.69, 9.17) is 4.74 Å². The zero-order valence-electron chi connectivity index (χ0n) is 12.8. The van der Waals surface area contributed by atoms with Gasteiger partial charge < -0.3 is 14.6 Å². The number of hydrogen-bond acceptors (Lipinski definition) is 4. The van der Waals surface area contributed by atoms with Crippen molar-refractivity contribution in [2.24, 2.45) is 13.0 Å². The van der Waals surface area contributed by atoms with E-state index in [1.54, 1.807) is 12.3 Å². The van der Waals surface area contributed by atoms with Crippen molar-refractivity contribution in [3.63, 3.8) is 0 Å². The number of aryl methyl sites for hydroxylation is 1. The van der Waals surface area contributed by atoms with Crippen LogP contribution in [0.25, 0.3) is 0 Å². The van der Waals surface area contributed by atoms with Crippen LogP contribution >= 0.6 is 0 Å². The lowest BCUT2D eigenvalue weighted by molar-refractivity contribution is 0.0678. The lowest BCUT2D eigenvalue weighted by atomic mass is 10.0. The van der Waals surface area contributed by atoms with Crippen LogP contribution in [-0.2, 0) is 28.4 Å². The van der Waals surface area contributed by atoms with Crippen LogP contribution in [0.1, 0.15) is 25.5 Å². The maximum Gasteiger partial charge on any atom is 0.242 e. The summed E-state index contributed by atoms with van der Waals surface area (Å²) < 4.78 is 34.5. The maximum absolute atomic E-state index is 12.3. The summed E-state index contributed by atoms with van der Waals surface area (Å²) in [5.41, 5.74) is 0.961. The van der Waals surface area contributed by atoms with Crippen molar-refractivity contribution in [1.29, 1.82) is 0 Å². The minimum atomic E-state index is -3.43. The molecule has 1 aromatic rings. The SMILES string of the molecule is CCNCc1cc(S(=O)(=O)NCC2CCOCC2)cn1C. The average Bonchev–Trinajstić information content (AvgIpc) is 2.86. The van der Waals surface area contributed by atoms with E-state index in [9.17, 15) is 8.42 Å². The molecular formula is C14H25N3O3S. The minimum Gasteiger partial charge on any atom is -0.381 e. The number of ether oxygens (including phenoxy) is 1. The second-order valence-corrected chi connectivity index (χ2v) is 7.23. The minimum absolute atomic E-state index is 0.338. The largest absolute Gasteiger partial charge is 0.381 e. The first-order valence-electron chi connectivity index (χ1n) is 7.46. The van der Waals surface area contributed by atoms with E-state index in [2.05, 4.69) is 10.0 Å². The van der Waals surface area contributed by atoms with Crippen LogP contribution in [0.4, 0.5) is 0 Å². The van der Waals surface area contributed by atoms with Gasteiger partial charge in [-0.15, -0.1) is 0 Å². The molecule has 7 heteroatoms. The first-order chi connectivity index (χ1) is 10.0. The summed E-state index contributed by atoms with van der Waals surface area (Å²) in [5.74, 6) is 0.374. The average molecular weight is 315 g/mol. The summed E-state index contributed by atoms with van der Waals surface area (Å²) in [6, 6.07) is 1.73. The van der Waals surface area contributed by atoms with Gasteiger partial charge in [-0.3, -0.25) is 0 Å². The summed E-state index contributed by atoms with van der Waals surface area (Å²) in [7, 11) is -1.56. The molecule has 1 aliphatic rings. The highest BCUT2D eigenvalue weighted by Crippen LogP contribution is 2.16. The molecule has 2 rings (SSSR count). The molecule has 0 aliphatic carbocycles. The van der Waals surface area contributed by atoms with Crippen LogP contribution in [0.3, 0.4) is 0 Å². The molecule has 0 saturated carbocycles. The van der Waals surface area contributed by atoms with Crippen LogP contribution < -0.4 is 10.0 Å². The molecule has 21 heavy (non-hydrogen) atoms. The van der Waals surface area contributed by atoms with E-state index >= 15 is 0 Å². The topological polar surface area (TPSA) is 72.4 Å². The Morgan fingerprint density at radius 1 is 1.38 bits per heavy atom. The van der Waals surface area contributed by atoms with Gasteiger partial charge in [-0.1, -0.05) is 6.92 Å². The molecule has 0 atom stereocenters. The van der Waals surface area contributed by atoms with E-state index in [0.717, 1.165) is 38.3 Å². The molecule has 120 valence electrons. The van der Waals surface area contributed by atoms with Crippen LogP contribution in [0.5, 0.6) is 0 Å². The Kier molecular flexibility index (Phi) is 5.80. The third-order valence-electron chi connectivity index (χ3n) is 3.85. The van der Waals surface area contributed by atoms with E-state index < -0.39 is 10.0 Å². The van der Waals surface area contributed by atoms with E-state index in [-0.39, 0.29) is 0 Å². The normalized spacial score (nSPS) is 17.2. The molecule has 1 saturated heterocycles. The maximum atomic E-state index is 12.3. The molecule has 0 amide bonds. The van der Waals surface area contributed by atoms with Crippen molar-refractivity contribution in [2.75, 3.05) is 26.3 Å². The Morgan fingerprint density at radius 3 is 2.76 bits per heavy atom. The van der Waals surface area contributed by atoms with Crippen molar-refractivity contribution in [1.82, 2.24) is 14.6 Å². The van der Waals surface area contributed by atoms with Crippen LogP contribution in [0.2, 0.25) is 0 Å². The van der Waals surface area contributed by atoms with Gasteiger partial charge in [0.2, 0.25) is 10.0 Å². The molecule has 1 aromatic heterocycles. The molecule has 0 bridgehead atoms. The van der Waals surface area contributed by atoms with E-state index in [0.29, 0.717) is 23.9 Å². The van der Waals surface area contributed by atoms with Gasteiger partial charge in [0.05, 0.1) is 4.90 Å². The molecule has 0 spiro atoms. The first kappa shape index (κ1) is 16.5. The van der Waals surface area contributed by atoms with E-state index in [1.807, 2.05) is 18.5 Å². The third-order valence-corrected chi connectivity index (χ3v) is 5.24. The quantitative estimate of drug-likeness (QED) is 0.782. The summed E-state index contributed by atoms with van der Waals surface area (Å²) in [5, 5.41) is 3.20. The molecular weight excluding hydrogens is 290 g/mol. The van der Waals surface area contributed by atoms with Crippen molar-refractivity contribution in [3.05, 3.63) is 18.0 Å². The Morgan fingerprint density at radius 2 is 2.10 bits per heavy atom. The van der Waals surface area contributed by atoms with Crippen molar-refractivity contribution in [3.8, 4) is 0 Å². The Hall–Kier alpha value is -0.890. The smallest absolute Gasteiger partial charge is 0.242 e. The Labute approximate surface area is 126 Å². The number of aromatic nitrogens is 1. The van der Waals surface area contributed by atoms with Gasteiger partial charge in [-0.05, 0) is 31.4 Å². The molecule has 0 unspecified atom stereocenters. The predicted molar refractivity (Wildman–Crippen MR) is 81.5 cm³/mol. The third kappa shape index (κ3) is 4.54. The second-order valence-electron chi connectivity index (χ2n) is 5.47. The van der Waals surface area contributed by atoms with Gasteiger partial charge >= 0.3 is 0 Å². The van der Waals surface area contributed by atoms with Crippen LogP contribution in [-0.4, -0.2) is 39.3 Å². The molecule has 1 fully saturated rings. The zero-order chi connectivity index (χ0) is 15.3. The summed E-state index contributed by atoms with van der Waals surface area (Å²) in [6.07, 6.45) is 3.50. The van der Waals surface area contributed by atoms with Crippen molar-refractivity contribution < 1.29 is 13.2 Å². The Bertz CT molecular complexity index is 548. The molecule has 2 heterocycles. The van der Waals surface area contributed by atoms with Gasteiger partial charge in [0.25, 0.3) is 0 Å². The van der Waals surface area contributed by atoms with Gasteiger partial charge in [0.1, 0.15) is 0 Å². The molecule has 6 nitrogen and oxygen atoms in total. The van der Waals surface area contributed by atoms with Gasteiger partial charge in [-0.25, -0.2) is 13.1 Å². The van der Waals surface area contributed by atoms with Gasteiger partial charge in [0.15, 0.2) is 0 Å². The first-order valence-corrected chi connectivity index (χ1v) is 8.94. The lowest BCUT2D eigenvalue weighted by Crippen LogP contribution is -2.32. The number of sulfonamides is 1. The summed E-state index contributed by atoms with van der Waals surface area (Å²) in [4.78, 5) is 0.338. The summed E-state index contributed by atoms with van der Waals surface area (Å²) >= 11 is 0. The van der Waals surface area contributed by atoms with Crippen molar-refractivity contribution >= 4 is 10.0 Å². The molecule has 0 aromatic carbocycles. The fourth-order valence-electron chi connectivity index (χ4n) is 2.41. The fraction of sp³-hybridized carbons (Fsp3) is 0.714.